The summed E-state index contributed by atoms with van der Waals surface area (Å²) in [5, 5.41) is 0. The molecule has 13 heavy (non-hydrogen) atoms. The zero-order valence-corrected chi connectivity index (χ0v) is 8.48. The van der Waals surface area contributed by atoms with Gasteiger partial charge in [0.25, 0.3) is 0 Å². The van der Waals surface area contributed by atoms with E-state index in [0.717, 1.165) is 0 Å². The van der Waals surface area contributed by atoms with Crippen LogP contribution in [-0.4, -0.2) is 16.8 Å². The van der Waals surface area contributed by atoms with Crippen molar-refractivity contribution in [3.63, 3.8) is 0 Å². The van der Waals surface area contributed by atoms with Crippen LogP contribution in [0.2, 0.25) is 0 Å². The Morgan fingerprint density at radius 3 is 2.54 bits per heavy atom. The van der Waals surface area contributed by atoms with Crippen molar-refractivity contribution in [2.24, 2.45) is 0 Å². The van der Waals surface area contributed by atoms with Gasteiger partial charge in [0, 0.05) is 5.56 Å². The third kappa shape index (κ3) is 3.57. The summed E-state index contributed by atoms with van der Waals surface area (Å²) in [6.45, 7) is -0.0493. The van der Waals surface area contributed by atoms with Gasteiger partial charge in [0.1, 0.15) is 0 Å². The number of ether oxygens (including phenoxy) is 1. The molecule has 0 saturated carbocycles. The van der Waals surface area contributed by atoms with Crippen LogP contribution in [0.4, 0.5) is 0 Å². The van der Waals surface area contributed by atoms with Gasteiger partial charge in [-0.25, -0.2) is 0 Å². The Morgan fingerprint density at radius 1 is 1.38 bits per heavy atom. The average Bonchev–Trinajstić information content (AvgIpc) is 2.15. The number of carbonyl (C=O) groups is 1. The number of rotatable bonds is 3. The monoisotopic (exact) mass is 212 g/mol. The van der Waals surface area contributed by atoms with Gasteiger partial charge in [0.15, 0.2) is 12.4 Å². The largest absolute Gasteiger partial charge is 0.470 e. The van der Waals surface area contributed by atoms with E-state index in [-0.39, 0.29) is 16.8 Å². The highest BCUT2D eigenvalue weighted by Gasteiger charge is 2.04. The molecule has 1 rings (SSSR count). The van der Waals surface area contributed by atoms with Crippen molar-refractivity contribution in [1.29, 1.82) is 0 Å². The van der Waals surface area contributed by atoms with Crippen LogP contribution in [-0.2, 0) is 4.74 Å². The van der Waals surface area contributed by atoms with Crippen LogP contribution in [0.15, 0.2) is 30.3 Å². The summed E-state index contributed by atoms with van der Waals surface area (Å²) in [6.07, 6.45) is 0. The SMILES string of the molecule is O=C(COC(=S)S)c1ccccc1. The molecule has 0 aliphatic carbocycles. The van der Waals surface area contributed by atoms with E-state index < -0.39 is 0 Å². The van der Waals surface area contributed by atoms with Gasteiger partial charge in [-0.15, -0.1) is 0 Å². The number of carbonyl (C=O) groups excluding carboxylic acids is 1. The fourth-order valence-corrected chi connectivity index (χ4v) is 0.958. The van der Waals surface area contributed by atoms with Crippen LogP contribution in [0.3, 0.4) is 0 Å². The van der Waals surface area contributed by atoms with Gasteiger partial charge in [0.2, 0.25) is 4.38 Å². The van der Waals surface area contributed by atoms with Gasteiger partial charge in [-0.1, -0.05) is 43.0 Å². The Hall–Kier alpha value is -0.870. The third-order valence-corrected chi connectivity index (χ3v) is 1.67. The fourth-order valence-electron chi connectivity index (χ4n) is 0.835. The van der Waals surface area contributed by atoms with Crippen molar-refractivity contribution >= 4 is 35.0 Å². The number of ketones is 1. The zero-order valence-electron chi connectivity index (χ0n) is 6.77. The summed E-state index contributed by atoms with van der Waals surface area (Å²) < 4.78 is 4.89. The second kappa shape index (κ2) is 4.99. The molecule has 0 aromatic heterocycles. The second-order valence-electron chi connectivity index (χ2n) is 2.34. The van der Waals surface area contributed by atoms with Gasteiger partial charge in [-0.3, -0.25) is 4.79 Å². The quantitative estimate of drug-likeness (QED) is 0.472. The van der Waals surface area contributed by atoms with Crippen LogP contribution in [0.25, 0.3) is 0 Å². The highest BCUT2D eigenvalue weighted by Crippen LogP contribution is 2.00. The van der Waals surface area contributed by atoms with Gasteiger partial charge in [0.05, 0.1) is 0 Å². The summed E-state index contributed by atoms with van der Waals surface area (Å²) >= 11 is 8.30. The molecule has 0 N–H and O–H groups in total. The predicted octanol–water partition coefficient (Wildman–Crippen LogP) is 2.10. The van der Waals surface area contributed by atoms with Gasteiger partial charge in [-0.05, 0) is 12.2 Å². The first-order valence-corrected chi connectivity index (χ1v) is 4.49. The Labute approximate surface area is 87.3 Å². The molecule has 1 aromatic rings. The molecular formula is C9H8O2S2. The molecule has 2 nitrogen and oxygen atoms in total. The topological polar surface area (TPSA) is 26.3 Å². The lowest BCUT2D eigenvalue weighted by atomic mass is 10.1. The number of hydrogen-bond acceptors (Lipinski definition) is 3. The first kappa shape index (κ1) is 10.2. The fraction of sp³-hybridized carbons (Fsp3) is 0.111. The minimum Gasteiger partial charge on any atom is -0.470 e. The van der Waals surface area contributed by atoms with Crippen molar-refractivity contribution in [2.75, 3.05) is 6.61 Å². The van der Waals surface area contributed by atoms with E-state index in [9.17, 15) is 4.79 Å². The highest BCUT2D eigenvalue weighted by atomic mass is 32.1. The molecule has 0 unspecified atom stereocenters. The smallest absolute Gasteiger partial charge is 0.217 e. The minimum absolute atomic E-state index is 0.0493. The molecule has 0 aliphatic heterocycles. The van der Waals surface area contributed by atoms with Gasteiger partial charge < -0.3 is 4.74 Å². The molecule has 0 bridgehead atoms. The molecule has 0 aliphatic rings. The van der Waals surface area contributed by atoms with E-state index in [1.54, 1.807) is 24.3 Å². The second-order valence-corrected chi connectivity index (χ2v) is 3.42. The summed E-state index contributed by atoms with van der Waals surface area (Å²) in [6, 6.07) is 8.90. The maximum atomic E-state index is 11.3. The normalized spacial score (nSPS) is 9.31. The highest BCUT2D eigenvalue weighted by molar-refractivity contribution is 8.10. The van der Waals surface area contributed by atoms with Crippen molar-refractivity contribution in [1.82, 2.24) is 0 Å². The molecule has 0 radical (unpaired) electrons. The zero-order chi connectivity index (χ0) is 9.68. The third-order valence-electron chi connectivity index (χ3n) is 1.42. The van der Waals surface area contributed by atoms with Crippen molar-refractivity contribution in [3.8, 4) is 0 Å². The lowest BCUT2D eigenvalue weighted by molar-refractivity contribution is 0.0919. The molecule has 1 aromatic carbocycles. The van der Waals surface area contributed by atoms with Crippen LogP contribution >= 0.6 is 24.8 Å². The molecule has 0 atom stereocenters. The molecular weight excluding hydrogens is 204 g/mol. The standard InChI is InChI=1S/C9H8O2S2/c10-8(6-11-9(12)13)7-4-2-1-3-5-7/h1-5H,6H2,(H,12,13). The maximum absolute atomic E-state index is 11.3. The summed E-state index contributed by atoms with van der Waals surface area (Å²) in [5.74, 6) is -0.1000. The number of benzene rings is 1. The van der Waals surface area contributed by atoms with Crippen LogP contribution in [0, 0.1) is 0 Å². The Balaban J connectivity index is 2.54. The minimum atomic E-state index is -0.1000. The van der Waals surface area contributed by atoms with E-state index in [2.05, 4.69) is 24.8 Å². The predicted molar refractivity (Wildman–Crippen MR) is 58.3 cm³/mol. The Morgan fingerprint density at radius 2 is 2.00 bits per heavy atom. The molecule has 0 fully saturated rings. The lowest BCUT2D eigenvalue weighted by Crippen LogP contribution is -2.09. The van der Waals surface area contributed by atoms with Gasteiger partial charge in [-0.2, -0.15) is 0 Å². The van der Waals surface area contributed by atoms with Crippen molar-refractivity contribution in [3.05, 3.63) is 35.9 Å². The van der Waals surface area contributed by atoms with Gasteiger partial charge >= 0.3 is 0 Å². The first-order valence-electron chi connectivity index (χ1n) is 3.64. The van der Waals surface area contributed by atoms with Crippen LogP contribution in [0.5, 0.6) is 0 Å². The lowest BCUT2D eigenvalue weighted by Gasteiger charge is -2.01. The van der Waals surface area contributed by atoms with E-state index >= 15 is 0 Å². The number of thiocarbonyl (C=S) groups is 1. The molecule has 68 valence electrons. The maximum Gasteiger partial charge on any atom is 0.217 e. The number of hydrogen-bond donors (Lipinski definition) is 1. The molecule has 0 spiro atoms. The Bertz CT molecular complexity index is 309. The summed E-state index contributed by atoms with van der Waals surface area (Å²) in [5.41, 5.74) is 0.618. The molecule has 0 saturated heterocycles. The molecule has 0 heterocycles. The summed E-state index contributed by atoms with van der Waals surface area (Å²) in [4.78, 5) is 11.3. The first-order chi connectivity index (χ1) is 6.20. The average molecular weight is 212 g/mol. The van der Waals surface area contributed by atoms with Crippen molar-refractivity contribution in [2.45, 2.75) is 0 Å². The van der Waals surface area contributed by atoms with E-state index in [4.69, 9.17) is 4.74 Å². The Kier molecular flexibility index (Phi) is 3.92. The van der Waals surface area contributed by atoms with E-state index in [1.807, 2.05) is 6.07 Å². The van der Waals surface area contributed by atoms with Crippen molar-refractivity contribution < 1.29 is 9.53 Å². The van der Waals surface area contributed by atoms with E-state index in [0.29, 0.717) is 5.56 Å². The van der Waals surface area contributed by atoms with E-state index in [1.165, 1.54) is 0 Å². The molecule has 4 heteroatoms. The van der Waals surface area contributed by atoms with Crippen LogP contribution < -0.4 is 0 Å². The molecule has 0 amide bonds. The number of thiol groups is 1. The van der Waals surface area contributed by atoms with Crippen LogP contribution in [0.1, 0.15) is 10.4 Å². The summed E-state index contributed by atoms with van der Waals surface area (Å²) in [7, 11) is 0. The number of Topliss-reactive ketones (excluding diaryl/α,β-unsaturated/α-hetero) is 1.